The SMILES string of the molecule is CCCC.CN(C)C(=S)SSC(=S)N(C)C.c1ccc(-c2ccccc2)cc1. The highest BCUT2D eigenvalue weighted by Crippen LogP contribution is 2.26. The standard InChI is InChI=1S/C12H10.C6H12N2S4.C4H10/c1-3-7-11(8-4-1)12-9-5-2-6-10-12;1-7(2)5(9)11-12-6(10)8(3)4;1-3-4-2/h1-10H;1-4H3;3-4H2,1-2H3. The van der Waals surface area contributed by atoms with Gasteiger partial charge >= 0.3 is 0 Å². The van der Waals surface area contributed by atoms with E-state index in [-0.39, 0.29) is 0 Å². The van der Waals surface area contributed by atoms with E-state index >= 15 is 0 Å². The summed E-state index contributed by atoms with van der Waals surface area (Å²) in [6.07, 6.45) is 2.64. The number of hydrogen-bond acceptors (Lipinski definition) is 4. The van der Waals surface area contributed by atoms with Gasteiger partial charge in [-0.15, -0.1) is 0 Å². The molecule has 2 aromatic carbocycles. The highest BCUT2D eigenvalue weighted by Gasteiger charge is 2.05. The van der Waals surface area contributed by atoms with E-state index < -0.39 is 0 Å². The van der Waals surface area contributed by atoms with Gasteiger partial charge in [0, 0.05) is 28.2 Å². The van der Waals surface area contributed by atoms with Crippen LogP contribution in [-0.2, 0) is 0 Å². The fourth-order valence-electron chi connectivity index (χ4n) is 1.48. The minimum absolute atomic E-state index is 0.837. The molecule has 0 atom stereocenters. The van der Waals surface area contributed by atoms with Crippen LogP contribution in [0.1, 0.15) is 26.7 Å². The van der Waals surface area contributed by atoms with Crippen molar-refractivity contribution in [1.29, 1.82) is 0 Å². The number of unbranched alkanes of at least 4 members (excludes halogenated alkanes) is 1. The van der Waals surface area contributed by atoms with Crippen molar-refractivity contribution >= 4 is 54.7 Å². The number of rotatable bonds is 2. The molecule has 0 saturated heterocycles. The van der Waals surface area contributed by atoms with Crippen molar-refractivity contribution in [3.63, 3.8) is 0 Å². The molecule has 2 aromatic rings. The Bertz CT molecular complexity index is 599. The first kappa shape index (κ1) is 26.9. The predicted octanol–water partition coefficient (Wildman–Crippen LogP) is 7.22. The van der Waals surface area contributed by atoms with Crippen LogP contribution in [0.3, 0.4) is 0 Å². The van der Waals surface area contributed by atoms with E-state index in [4.69, 9.17) is 24.4 Å². The Balaban J connectivity index is 0.000000439. The van der Waals surface area contributed by atoms with Crippen LogP contribution < -0.4 is 0 Å². The Kier molecular flexibility index (Phi) is 16.2. The number of nitrogens with zero attached hydrogens (tertiary/aromatic N) is 2. The van der Waals surface area contributed by atoms with Crippen molar-refractivity contribution in [3.8, 4) is 11.1 Å². The lowest BCUT2D eigenvalue weighted by Crippen LogP contribution is -2.18. The van der Waals surface area contributed by atoms with Gasteiger partial charge in [-0.2, -0.15) is 0 Å². The molecule has 0 unspecified atom stereocenters. The van der Waals surface area contributed by atoms with Crippen LogP contribution >= 0.6 is 46.0 Å². The van der Waals surface area contributed by atoms with Crippen LogP contribution in [0.15, 0.2) is 60.7 Å². The van der Waals surface area contributed by atoms with Gasteiger partial charge < -0.3 is 9.80 Å². The maximum absolute atomic E-state index is 5.07. The van der Waals surface area contributed by atoms with Gasteiger partial charge in [0.2, 0.25) is 0 Å². The zero-order chi connectivity index (χ0) is 21.4. The molecule has 0 heterocycles. The van der Waals surface area contributed by atoms with Gasteiger partial charge in [0.1, 0.15) is 8.64 Å². The van der Waals surface area contributed by atoms with Gasteiger partial charge in [-0.05, 0) is 32.7 Å². The van der Waals surface area contributed by atoms with E-state index in [1.165, 1.54) is 45.6 Å². The molecule has 2 rings (SSSR count). The molecule has 0 bridgehead atoms. The quantitative estimate of drug-likeness (QED) is 0.348. The first-order chi connectivity index (χ1) is 13.3. The first-order valence-electron chi connectivity index (χ1n) is 9.20. The molecular weight excluding hydrogens is 421 g/mol. The number of benzene rings is 2. The average molecular weight is 453 g/mol. The van der Waals surface area contributed by atoms with Gasteiger partial charge in [-0.1, -0.05) is 112 Å². The van der Waals surface area contributed by atoms with Gasteiger partial charge in [0.05, 0.1) is 0 Å². The molecule has 154 valence electrons. The van der Waals surface area contributed by atoms with E-state index in [2.05, 4.69) is 62.4 Å². The molecule has 0 aromatic heterocycles. The van der Waals surface area contributed by atoms with E-state index in [1.54, 1.807) is 0 Å². The van der Waals surface area contributed by atoms with Crippen LogP contribution in [0.5, 0.6) is 0 Å². The molecule has 2 nitrogen and oxygen atoms in total. The Labute approximate surface area is 190 Å². The normalized spacial score (nSPS) is 9.21. The lowest BCUT2D eigenvalue weighted by Gasteiger charge is -2.15. The van der Waals surface area contributed by atoms with Crippen LogP contribution in [0.2, 0.25) is 0 Å². The second kappa shape index (κ2) is 16.8. The molecule has 0 fully saturated rings. The second-order valence-corrected chi connectivity index (χ2v) is 9.62. The molecule has 0 amide bonds. The maximum Gasteiger partial charge on any atom is 0.146 e. The molecule has 0 radical (unpaired) electrons. The Hall–Kier alpha value is -1.08. The van der Waals surface area contributed by atoms with Crippen LogP contribution in [0.4, 0.5) is 0 Å². The third kappa shape index (κ3) is 13.2. The summed E-state index contributed by atoms with van der Waals surface area (Å²) in [6, 6.07) is 20.8. The third-order valence-corrected chi connectivity index (χ3v) is 7.45. The van der Waals surface area contributed by atoms with E-state index in [0.717, 1.165) is 8.64 Å². The van der Waals surface area contributed by atoms with E-state index in [0.29, 0.717) is 0 Å². The van der Waals surface area contributed by atoms with Gasteiger partial charge in [-0.25, -0.2) is 0 Å². The minimum atomic E-state index is 0.837. The van der Waals surface area contributed by atoms with Crippen molar-refractivity contribution in [1.82, 2.24) is 9.80 Å². The van der Waals surface area contributed by atoms with Crippen molar-refractivity contribution in [3.05, 3.63) is 60.7 Å². The molecule has 0 saturated carbocycles. The third-order valence-electron chi connectivity index (χ3n) is 3.30. The van der Waals surface area contributed by atoms with Crippen LogP contribution in [0.25, 0.3) is 11.1 Å². The van der Waals surface area contributed by atoms with Crippen LogP contribution in [-0.4, -0.2) is 46.6 Å². The monoisotopic (exact) mass is 452 g/mol. The summed E-state index contributed by atoms with van der Waals surface area (Å²) in [4.78, 5) is 3.79. The lowest BCUT2D eigenvalue weighted by atomic mass is 10.1. The Morgan fingerprint density at radius 3 is 1.14 bits per heavy atom. The molecule has 0 aliphatic carbocycles. The average Bonchev–Trinajstić information content (AvgIpc) is 2.73. The molecule has 6 heteroatoms. The number of thiocarbonyl (C=S) groups is 2. The van der Waals surface area contributed by atoms with E-state index in [1.807, 2.05) is 50.1 Å². The van der Waals surface area contributed by atoms with E-state index in [9.17, 15) is 0 Å². The largest absolute Gasteiger partial charge is 0.363 e. The van der Waals surface area contributed by atoms with Gasteiger partial charge in [-0.3, -0.25) is 0 Å². The van der Waals surface area contributed by atoms with Crippen molar-refractivity contribution in [2.75, 3.05) is 28.2 Å². The summed E-state index contributed by atoms with van der Waals surface area (Å²) in [7, 11) is 10.7. The Morgan fingerprint density at radius 2 is 0.929 bits per heavy atom. The number of hydrogen-bond donors (Lipinski definition) is 0. The summed E-state index contributed by atoms with van der Waals surface area (Å²) >= 11 is 10.1. The van der Waals surface area contributed by atoms with Crippen LogP contribution in [0, 0.1) is 0 Å². The summed E-state index contributed by atoms with van der Waals surface area (Å²) in [6.45, 7) is 4.36. The van der Waals surface area contributed by atoms with Gasteiger partial charge in [0.15, 0.2) is 0 Å². The van der Waals surface area contributed by atoms with Gasteiger partial charge in [0.25, 0.3) is 0 Å². The minimum Gasteiger partial charge on any atom is -0.363 e. The molecular formula is C22H32N2S4. The smallest absolute Gasteiger partial charge is 0.146 e. The Morgan fingerprint density at radius 1 is 0.643 bits per heavy atom. The second-order valence-electron chi connectivity index (χ2n) is 6.22. The molecule has 0 aliphatic heterocycles. The zero-order valence-electron chi connectivity index (χ0n) is 17.7. The van der Waals surface area contributed by atoms with Crippen molar-refractivity contribution < 1.29 is 0 Å². The summed E-state index contributed by atoms with van der Waals surface area (Å²) in [5.74, 6) is 0. The topological polar surface area (TPSA) is 6.48 Å². The summed E-state index contributed by atoms with van der Waals surface area (Å²) in [5, 5.41) is 0. The summed E-state index contributed by atoms with van der Waals surface area (Å²) < 4.78 is 1.67. The summed E-state index contributed by atoms with van der Waals surface area (Å²) in [5.41, 5.74) is 2.55. The highest BCUT2D eigenvalue weighted by atomic mass is 33.1. The molecule has 0 aliphatic rings. The molecule has 0 N–H and O–H groups in total. The highest BCUT2D eigenvalue weighted by molar-refractivity contribution is 8.89. The predicted molar refractivity (Wildman–Crippen MR) is 140 cm³/mol. The first-order valence-corrected chi connectivity index (χ1v) is 12.2. The fraction of sp³-hybridized carbons (Fsp3) is 0.364. The maximum atomic E-state index is 5.07. The lowest BCUT2D eigenvalue weighted by molar-refractivity contribution is 0.647. The molecule has 0 spiro atoms. The zero-order valence-corrected chi connectivity index (χ0v) is 21.0. The fourth-order valence-corrected chi connectivity index (χ4v) is 3.86. The molecule has 28 heavy (non-hydrogen) atoms. The van der Waals surface area contributed by atoms with Crippen molar-refractivity contribution in [2.45, 2.75) is 26.7 Å². The van der Waals surface area contributed by atoms with Crippen molar-refractivity contribution in [2.24, 2.45) is 0 Å².